The van der Waals surface area contributed by atoms with Crippen LogP contribution >= 0.6 is 15.9 Å². The molecule has 0 aromatic carbocycles. The molecule has 0 aliphatic carbocycles. The van der Waals surface area contributed by atoms with Gasteiger partial charge in [-0.3, -0.25) is 4.79 Å². The zero-order valence-electron chi connectivity index (χ0n) is 6.80. The number of halogens is 1. The second-order valence-corrected chi connectivity index (χ2v) is 3.92. The molecule has 1 saturated heterocycles. The Morgan fingerprint density at radius 3 is 2.75 bits per heavy atom. The van der Waals surface area contributed by atoms with E-state index in [0.29, 0.717) is 6.42 Å². The predicted octanol–water partition coefficient (Wildman–Crippen LogP) is 0.628. The third-order valence-corrected chi connectivity index (χ3v) is 2.47. The van der Waals surface area contributed by atoms with Crippen LogP contribution in [0.15, 0.2) is 0 Å². The maximum Gasteiger partial charge on any atom is 0.350 e. The van der Waals surface area contributed by atoms with E-state index in [1.165, 1.54) is 14.0 Å². The molecular weight excluding hydrogens is 228 g/mol. The fourth-order valence-corrected chi connectivity index (χ4v) is 1.81. The normalized spacial score (nSPS) is 34.6. The van der Waals surface area contributed by atoms with Crippen LogP contribution in [0.4, 0.5) is 0 Å². The van der Waals surface area contributed by atoms with E-state index in [0.717, 1.165) is 0 Å². The molecule has 2 unspecified atom stereocenters. The maximum absolute atomic E-state index is 11.1. The molecule has 0 saturated carbocycles. The molecule has 1 aliphatic heterocycles. The van der Waals surface area contributed by atoms with E-state index in [1.807, 2.05) is 0 Å². The molecule has 0 spiro atoms. The first-order chi connectivity index (χ1) is 5.49. The Hall–Kier alpha value is -0.580. The van der Waals surface area contributed by atoms with Crippen molar-refractivity contribution in [3.8, 4) is 0 Å². The average molecular weight is 237 g/mol. The monoisotopic (exact) mass is 236 g/mol. The highest BCUT2D eigenvalue weighted by molar-refractivity contribution is 9.10. The number of alkyl halides is 1. The average Bonchev–Trinajstić information content (AvgIpc) is 2.26. The zero-order chi connectivity index (χ0) is 9.35. The van der Waals surface area contributed by atoms with Crippen LogP contribution in [0.3, 0.4) is 0 Å². The van der Waals surface area contributed by atoms with Gasteiger partial charge in [0.15, 0.2) is 0 Å². The Morgan fingerprint density at radius 2 is 2.42 bits per heavy atom. The summed E-state index contributed by atoms with van der Waals surface area (Å²) >= 11 is 3.09. The van der Waals surface area contributed by atoms with Crippen LogP contribution < -0.4 is 0 Å². The minimum absolute atomic E-state index is 0.318. The van der Waals surface area contributed by atoms with Gasteiger partial charge in [-0.1, -0.05) is 15.9 Å². The molecule has 0 bridgehead atoms. The first kappa shape index (κ1) is 9.51. The van der Waals surface area contributed by atoms with Crippen molar-refractivity contribution in [1.82, 2.24) is 0 Å². The van der Waals surface area contributed by atoms with Crippen LogP contribution in [0, 0.1) is 0 Å². The quantitative estimate of drug-likeness (QED) is 0.495. The van der Waals surface area contributed by atoms with E-state index in [1.54, 1.807) is 0 Å². The van der Waals surface area contributed by atoms with Gasteiger partial charge in [-0.25, -0.2) is 4.79 Å². The van der Waals surface area contributed by atoms with E-state index in [2.05, 4.69) is 20.7 Å². The number of hydrogen-bond donors (Lipinski definition) is 0. The summed E-state index contributed by atoms with van der Waals surface area (Å²) in [4.78, 5) is 21.6. The van der Waals surface area contributed by atoms with E-state index in [4.69, 9.17) is 4.74 Å². The number of ether oxygens (including phenoxy) is 2. The molecule has 12 heavy (non-hydrogen) atoms. The molecule has 0 N–H and O–H groups in total. The topological polar surface area (TPSA) is 52.6 Å². The predicted molar refractivity (Wildman–Crippen MR) is 43.8 cm³/mol. The summed E-state index contributed by atoms with van der Waals surface area (Å²) < 4.78 is 9.35. The molecule has 1 rings (SSSR count). The van der Waals surface area contributed by atoms with Crippen LogP contribution in [0.2, 0.25) is 0 Å². The van der Waals surface area contributed by atoms with Gasteiger partial charge in [-0.2, -0.15) is 0 Å². The van der Waals surface area contributed by atoms with Crippen molar-refractivity contribution >= 4 is 27.9 Å². The van der Waals surface area contributed by atoms with E-state index >= 15 is 0 Å². The molecule has 1 fully saturated rings. The first-order valence-electron chi connectivity index (χ1n) is 3.45. The highest BCUT2D eigenvalue weighted by atomic mass is 79.9. The van der Waals surface area contributed by atoms with Crippen LogP contribution in [0.1, 0.15) is 13.3 Å². The molecule has 4 nitrogen and oxygen atoms in total. The van der Waals surface area contributed by atoms with Crippen LogP contribution in [-0.2, 0) is 19.1 Å². The number of rotatable bonds is 1. The molecule has 1 aliphatic rings. The van der Waals surface area contributed by atoms with Gasteiger partial charge in [0.1, 0.15) is 4.83 Å². The number of cyclic esters (lactones) is 1. The first-order valence-corrected chi connectivity index (χ1v) is 4.36. The third-order valence-electron chi connectivity index (χ3n) is 1.77. The summed E-state index contributed by atoms with van der Waals surface area (Å²) in [6.07, 6.45) is 0.318. The highest BCUT2D eigenvalue weighted by Crippen LogP contribution is 2.31. The van der Waals surface area contributed by atoms with Crippen molar-refractivity contribution in [3.05, 3.63) is 0 Å². The second kappa shape index (κ2) is 3.05. The van der Waals surface area contributed by atoms with Gasteiger partial charge in [-0.05, 0) is 6.92 Å². The molecule has 0 aromatic heterocycles. The number of methoxy groups -OCH3 is 1. The standard InChI is InChI=1S/C7H9BrO4/c1-7(6(10)11-2)3-4(8)5(9)12-7/h4H,3H2,1-2H3. The van der Waals surface area contributed by atoms with Gasteiger partial charge in [0.2, 0.25) is 5.60 Å². The summed E-state index contributed by atoms with van der Waals surface area (Å²) in [6, 6.07) is 0. The Labute approximate surface area is 78.3 Å². The molecular formula is C7H9BrO4. The van der Waals surface area contributed by atoms with Crippen molar-refractivity contribution in [2.45, 2.75) is 23.8 Å². The molecule has 1 heterocycles. The van der Waals surface area contributed by atoms with E-state index in [9.17, 15) is 9.59 Å². The van der Waals surface area contributed by atoms with Gasteiger partial charge in [0, 0.05) is 6.42 Å². The van der Waals surface area contributed by atoms with E-state index in [-0.39, 0.29) is 0 Å². The van der Waals surface area contributed by atoms with Gasteiger partial charge in [0.05, 0.1) is 7.11 Å². The Bertz CT molecular complexity index is 227. The van der Waals surface area contributed by atoms with Gasteiger partial charge >= 0.3 is 11.9 Å². The summed E-state index contributed by atoms with van der Waals surface area (Å²) in [5, 5.41) is 0. The van der Waals surface area contributed by atoms with Gasteiger partial charge in [-0.15, -0.1) is 0 Å². The van der Waals surface area contributed by atoms with Crippen LogP contribution in [-0.4, -0.2) is 29.5 Å². The van der Waals surface area contributed by atoms with Crippen molar-refractivity contribution < 1.29 is 19.1 Å². The molecule has 0 amide bonds. The molecule has 0 radical (unpaired) electrons. The number of carbonyl (C=O) groups excluding carboxylic acids is 2. The lowest BCUT2D eigenvalue weighted by Crippen LogP contribution is -2.35. The maximum atomic E-state index is 11.1. The Kier molecular flexibility index (Phi) is 2.41. The lowest BCUT2D eigenvalue weighted by molar-refractivity contribution is -0.169. The van der Waals surface area contributed by atoms with Crippen molar-refractivity contribution in [2.75, 3.05) is 7.11 Å². The number of esters is 2. The molecule has 0 aromatic rings. The largest absolute Gasteiger partial charge is 0.466 e. The van der Waals surface area contributed by atoms with Crippen molar-refractivity contribution in [1.29, 1.82) is 0 Å². The fraction of sp³-hybridized carbons (Fsp3) is 0.714. The van der Waals surface area contributed by atoms with E-state index < -0.39 is 22.4 Å². The lowest BCUT2D eigenvalue weighted by Gasteiger charge is -2.18. The second-order valence-electron chi connectivity index (χ2n) is 2.82. The fourth-order valence-electron chi connectivity index (χ4n) is 1.09. The summed E-state index contributed by atoms with van der Waals surface area (Å²) in [7, 11) is 1.27. The molecule has 2 atom stereocenters. The Balaban J connectivity index is 2.76. The van der Waals surface area contributed by atoms with Crippen molar-refractivity contribution in [3.63, 3.8) is 0 Å². The molecule has 68 valence electrons. The van der Waals surface area contributed by atoms with Crippen LogP contribution in [0.25, 0.3) is 0 Å². The summed E-state index contributed by atoms with van der Waals surface area (Å²) in [5.41, 5.74) is -1.11. The van der Waals surface area contributed by atoms with Gasteiger partial charge < -0.3 is 9.47 Å². The highest BCUT2D eigenvalue weighted by Gasteiger charge is 2.48. The third kappa shape index (κ3) is 1.46. The Morgan fingerprint density at radius 1 is 1.83 bits per heavy atom. The summed E-state index contributed by atoms with van der Waals surface area (Å²) in [6.45, 7) is 1.54. The SMILES string of the molecule is COC(=O)C1(C)CC(Br)C(=O)O1. The number of carbonyl (C=O) groups is 2. The lowest BCUT2D eigenvalue weighted by atomic mass is 10.0. The molecule has 5 heteroatoms. The van der Waals surface area contributed by atoms with Crippen molar-refractivity contribution in [2.24, 2.45) is 0 Å². The zero-order valence-corrected chi connectivity index (χ0v) is 8.38. The smallest absolute Gasteiger partial charge is 0.350 e. The minimum Gasteiger partial charge on any atom is -0.466 e. The minimum atomic E-state index is -1.11. The van der Waals surface area contributed by atoms with Gasteiger partial charge in [0.25, 0.3) is 0 Å². The number of hydrogen-bond acceptors (Lipinski definition) is 4. The van der Waals surface area contributed by atoms with Crippen LogP contribution in [0.5, 0.6) is 0 Å². The summed E-state index contributed by atoms with van der Waals surface area (Å²) in [5.74, 6) is -0.930.